The standard InChI is InChI=1S/C10H12Br3NO.ClH/c1-2-3-7(14)8-5(11)4-6(12)10(15)9(8)13;/h4,7,15H,2-3,14H2,1H3;1H/t7-;/m1./s1. The van der Waals surface area contributed by atoms with Crippen LogP contribution >= 0.6 is 60.2 Å². The van der Waals surface area contributed by atoms with Gasteiger partial charge in [0.1, 0.15) is 5.75 Å². The van der Waals surface area contributed by atoms with Gasteiger partial charge in [0, 0.05) is 16.1 Å². The maximum Gasteiger partial charge on any atom is 0.144 e. The molecule has 0 heterocycles. The van der Waals surface area contributed by atoms with Crippen molar-refractivity contribution in [1.82, 2.24) is 0 Å². The van der Waals surface area contributed by atoms with Gasteiger partial charge in [-0.05, 0) is 44.3 Å². The number of nitrogens with two attached hydrogens (primary N) is 1. The molecule has 16 heavy (non-hydrogen) atoms. The summed E-state index contributed by atoms with van der Waals surface area (Å²) in [7, 11) is 0. The third kappa shape index (κ3) is 3.60. The molecule has 92 valence electrons. The Morgan fingerprint density at radius 1 is 1.31 bits per heavy atom. The summed E-state index contributed by atoms with van der Waals surface area (Å²) >= 11 is 10.1. The van der Waals surface area contributed by atoms with E-state index in [0.717, 1.165) is 22.9 Å². The summed E-state index contributed by atoms with van der Waals surface area (Å²) in [6, 6.07) is 1.74. The number of aromatic hydroxyl groups is 1. The fourth-order valence-electron chi connectivity index (χ4n) is 1.39. The van der Waals surface area contributed by atoms with Gasteiger partial charge in [-0.25, -0.2) is 0 Å². The first-order valence-electron chi connectivity index (χ1n) is 4.61. The molecule has 1 aromatic carbocycles. The average molecular weight is 438 g/mol. The zero-order chi connectivity index (χ0) is 11.6. The second-order valence-electron chi connectivity index (χ2n) is 3.31. The van der Waals surface area contributed by atoms with Crippen molar-refractivity contribution in [2.45, 2.75) is 25.8 Å². The number of halogens is 4. The molecule has 1 aromatic rings. The van der Waals surface area contributed by atoms with E-state index >= 15 is 0 Å². The van der Waals surface area contributed by atoms with Crippen molar-refractivity contribution >= 4 is 60.2 Å². The largest absolute Gasteiger partial charge is 0.506 e. The van der Waals surface area contributed by atoms with Gasteiger partial charge >= 0.3 is 0 Å². The number of hydrogen-bond donors (Lipinski definition) is 2. The van der Waals surface area contributed by atoms with Crippen LogP contribution < -0.4 is 5.73 Å². The van der Waals surface area contributed by atoms with Crippen LogP contribution in [0.15, 0.2) is 19.5 Å². The van der Waals surface area contributed by atoms with Gasteiger partial charge in [-0.2, -0.15) is 0 Å². The molecule has 0 spiro atoms. The van der Waals surface area contributed by atoms with Gasteiger partial charge < -0.3 is 10.8 Å². The molecule has 0 saturated carbocycles. The SMILES string of the molecule is CCC[C@@H](N)c1c(Br)cc(Br)c(O)c1Br.Cl. The maximum atomic E-state index is 9.76. The van der Waals surface area contributed by atoms with E-state index in [0.29, 0.717) is 8.95 Å². The molecule has 2 nitrogen and oxygen atoms in total. The van der Waals surface area contributed by atoms with Crippen LogP contribution in [0.4, 0.5) is 0 Å². The van der Waals surface area contributed by atoms with Crippen LogP contribution in [0.5, 0.6) is 5.75 Å². The molecule has 0 amide bonds. The lowest BCUT2D eigenvalue weighted by Gasteiger charge is -2.16. The molecule has 0 radical (unpaired) electrons. The van der Waals surface area contributed by atoms with Crippen molar-refractivity contribution in [3.63, 3.8) is 0 Å². The van der Waals surface area contributed by atoms with E-state index in [1.165, 1.54) is 0 Å². The summed E-state index contributed by atoms with van der Waals surface area (Å²) in [5, 5.41) is 9.76. The smallest absolute Gasteiger partial charge is 0.144 e. The van der Waals surface area contributed by atoms with Crippen LogP contribution in [-0.4, -0.2) is 5.11 Å². The minimum absolute atomic E-state index is 0. The van der Waals surface area contributed by atoms with E-state index in [1.807, 2.05) is 6.07 Å². The van der Waals surface area contributed by atoms with Crippen molar-refractivity contribution in [2.75, 3.05) is 0 Å². The van der Waals surface area contributed by atoms with Crippen LogP contribution in [0, 0.1) is 0 Å². The highest BCUT2D eigenvalue weighted by Gasteiger charge is 2.18. The molecule has 0 unspecified atom stereocenters. The molecule has 1 atom stereocenters. The lowest BCUT2D eigenvalue weighted by atomic mass is 10.0. The van der Waals surface area contributed by atoms with E-state index in [-0.39, 0.29) is 24.2 Å². The van der Waals surface area contributed by atoms with Crippen molar-refractivity contribution in [3.8, 4) is 5.75 Å². The molecule has 3 N–H and O–H groups in total. The second kappa shape index (κ2) is 7.21. The molecule has 0 fully saturated rings. The van der Waals surface area contributed by atoms with Crippen molar-refractivity contribution < 1.29 is 5.11 Å². The Balaban J connectivity index is 0.00000225. The molecule has 0 aromatic heterocycles. The predicted molar refractivity (Wildman–Crippen MR) is 80.3 cm³/mol. The van der Waals surface area contributed by atoms with Crippen LogP contribution in [0.25, 0.3) is 0 Å². The predicted octanol–water partition coefficient (Wildman–Crippen LogP) is 4.90. The first-order chi connectivity index (χ1) is 6.99. The van der Waals surface area contributed by atoms with Crippen LogP contribution in [-0.2, 0) is 0 Å². The van der Waals surface area contributed by atoms with Crippen molar-refractivity contribution in [3.05, 3.63) is 25.0 Å². The molecule has 6 heteroatoms. The highest BCUT2D eigenvalue weighted by molar-refractivity contribution is 9.11. The monoisotopic (exact) mass is 435 g/mol. The van der Waals surface area contributed by atoms with Gasteiger partial charge in [-0.15, -0.1) is 12.4 Å². The molecule has 0 bridgehead atoms. The van der Waals surface area contributed by atoms with E-state index in [2.05, 4.69) is 54.7 Å². The van der Waals surface area contributed by atoms with Crippen molar-refractivity contribution in [2.24, 2.45) is 5.73 Å². The average Bonchev–Trinajstić information content (AvgIpc) is 2.15. The van der Waals surface area contributed by atoms with Gasteiger partial charge in [-0.3, -0.25) is 0 Å². The maximum absolute atomic E-state index is 9.76. The van der Waals surface area contributed by atoms with E-state index in [9.17, 15) is 5.11 Å². The zero-order valence-electron chi connectivity index (χ0n) is 8.64. The number of phenolic OH excluding ortho intramolecular Hbond substituents is 1. The van der Waals surface area contributed by atoms with E-state index in [1.54, 1.807) is 0 Å². The summed E-state index contributed by atoms with van der Waals surface area (Å²) in [5.74, 6) is 0.194. The number of benzene rings is 1. The lowest BCUT2D eigenvalue weighted by Crippen LogP contribution is -2.11. The van der Waals surface area contributed by atoms with Crippen LogP contribution in [0.2, 0.25) is 0 Å². The molecule has 0 saturated heterocycles. The fraction of sp³-hybridized carbons (Fsp3) is 0.400. The fourth-order valence-corrected chi connectivity index (χ4v) is 4.10. The quantitative estimate of drug-likeness (QED) is 0.705. The number of phenols is 1. The van der Waals surface area contributed by atoms with Gasteiger partial charge in [0.05, 0.1) is 8.95 Å². The summed E-state index contributed by atoms with van der Waals surface area (Å²) in [5.41, 5.74) is 6.95. The Kier molecular flexibility index (Phi) is 7.53. The molecule has 0 aliphatic rings. The number of hydrogen-bond acceptors (Lipinski definition) is 2. The normalized spacial score (nSPS) is 12.1. The van der Waals surface area contributed by atoms with Gasteiger partial charge in [0.25, 0.3) is 0 Å². The second-order valence-corrected chi connectivity index (χ2v) is 5.81. The Morgan fingerprint density at radius 2 is 1.88 bits per heavy atom. The molecule has 0 aliphatic heterocycles. The Hall–Kier alpha value is 0.710. The van der Waals surface area contributed by atoms with Crippen LogP contribution in [0.1, 0.15) is 31.4 Å². The lowest BCUT2D eigenvalue weighted by molar-refractivity contribution is 0.465. The number of rotatable bonds is 3. The summed E-state index contributed by atoms with van der Waals surface area (Å²) in [4.78, 5) is 0. The first kappa shape index (κ1) is 16.7. The minimum Gasteiger partial charge on any atom is -0.506 e. The van der Waals surface area contributed by atoms with Gasteiger partial charge in [0.15, 0.2) is 0 Å². The van der Waals surface area contributed by atoms with Crippen LogP contribution in [0.3, 0.4) is 0 Å². The summed E-state index contributed by atoms with van der Waals surface area (Å²) in [6.45, 7) is 2.08. The highest BCUT2D eigenvalue weighted by atomic mass is 79.9. The van der Waals surface area contributed by atoms with E-state index < -0.39 is 0 Å². The third-order valence-corrected chi connectivity index (χ3v) is 4.22. The highest BCUT2D eigenvalue weighted by Crippen LogP contribution is 2.42. The summed E-state index contributed by atoms with van der Waals surface area (Å²) in [6.07, 6.45) is 1.90. The molecular formula is C10H13Br3ClNO. The topological polar surface area (TPSA) is 46.2 Å². The molecular weight excluding hydrogens is 425 g/mol. The first-order valence-corrected chi connectivity index (χ1v) is 6.98. The molecule has 1 rings (SSSR count). The summed E-state index contributed by atoms with van der Waals surface area (Å²) < 4.78 is 2.21. The third-order valence-electron chi connectivity index (χ3n) is 2.15. The Labute approximate surface area is 127 Å². The minimum atomic E-state index is -0.0715. The molecule has 0 aliphatic carbocycles. The zero-order valence-corrected chi connectivity index (χ0v) is 14.2. The van der Waals surface area contributed by atoms with E-state index in [4.69, 9.17) is 5.73 Å². The Bertz CT molecular complexity index is 374. The van der Waals surface area contributed by atoms with Crippen molar-refractivity contribution in [1.29, 1.82) is 0 Å². The van der Waals surface area contributed by atoms with Gasteiger partial charge in [-0.1, -0.05) is 29.3 Å². The Morgan fingerprint density at radius 3 is 2.38 bits per heavy atom. The van der Waals surface area contributed by atoms with Gasteiger partial charge in [0.2, 0.25) is 0 Å².